The molecule has 4 heteroatoms. The topological polar surface area (TPSA) is 52.6 Å². The predicted molar refractivity (Wildman–Crippen MR) is 49.1 cm³/mol. The molecule has 0 aliphatic carbocycles. The molecule has 0 bridgehead atoms. The van der Waals surface area contributed by atoms with Crippen LogP contribution in [0.4, 0.5) is 0 Å². The highest BCUT2D eigenvalue weighted by Crippen LogP contribution is 2.07. The summed E-state index contributed by atoms with van der Waals surface area (Å²) in [4.78, 5) is 22.2. The SMILES string of the molecule is COC(=O)c1cccc(C(=O)OC)c1. The third-order valence-electron chi connectivity index (χ3n) is 1.70. The zero-order chi connectivity index (χ0) is 10.6. The lowest BCUT2D eigenvalue weighted by atomic mass is 10.1. The minimum Gasteiger partial charge on any atom is -0.465 e. The first-order chi connectivity index (χ1) is 6.69. The fraction of sp³-hybridized carbons (Fsp3) is 0.200. The average molecular weight is 194 g/mol. The van der Waals surface area contributed by atoms with Gasteiger partial charge in [0.05, 0.1) is 25.3 Å². The summed E-state index contributed by atoms with van der Waals surface area (Å²) in [6.45, 7) is 0. The Kier molecular flexibility index (Phi) is 3.23. The highest BCUT2D eigenvalue weighted by Gasteiger charge is 2.09. The first kappa shape index (κ1) is 10.2. The molecule has 0 aliphatic rings. The number of rotatable bonds is 2. The van der Waals surface area contributed by atoms with Crippen LogP contribution in [0.5, 0.6) is 0 Å². The molecule has 0 heterocycles. The van der Waals surface area contributed by atoms with Crippen molar-refractivity contribution in [3.63, 3.8) is 0 Å². The van der Waals surface area contributed by atoms with Crippen molar-refractivity contribution < 1.29 is 19.1 Å². The maximum atomic E-state index is 11.1. The van der Waals surface area contributed by atoms with Gasteiger partial charge in [-0.25, -0.2) is 9.59 Å². The monoisotopic (exact) mass is 194 g/mol. The largest absolute Gasteiger partial charge is 0.465 e. The molecular weight excluding hydrogens is 184 g/mol. The summed E-state index contributed by atoms with van der Waals surface area (Å²) in [5.74, 6) is -0.952. The molecule has 0 spiro atoms. The van der Waals surface area contributed by atoms with Gasteiger partial charge in [0.25, 0.3) is 0 Å². The van der Waals surface area contributed by atoms with E-state index in [0.717, 1.165) is 0 Å². The Balaban J connectivity index is 3.01. The Labute approximate surface area is 81.4 Å². The Hall–Kier alpha value is -1.84. The molecule has 4 nitrogen and oxygen atoms in total. The lowest BCUT2D eigenvalue weighted by Gasteiger charge is -2.01. The molecule has 0 radical (unpaired) electrons. The molecule has 0 amide bonds. The summed E-state index contributed by atoms with van der Waals surface area (Å²) in [6, 6.07) is 6.16. The fourth-order valence-electron chi connectivity index (χ4n) is 1.01. The van der Waals surface area contributed by atoms with E-state index in [-0.39, 0.29) is 0 Å². The van der Waals surface area contributed by atoms with Crippen LogP contribution in [-0.2, 0) is 9.47 Å². The Morgan fingerprint density at radius 1 is 1.00 bits per heavy atom. The normalized spacial score (nSPS) is 9.29. The van der Waals surface area contributed by atoms with Gasteiger partial charge in [0, 0.05) is 0 Å². The highest BCUT2D eigenvalue weighted by molar-refractivity contribution is 5.95. The van der Waals surface area contributed by atoms with E-state index in [0.29, 0.717) is 11.1 Å². The Morgan fingerprint density at radius 2 is 1.43 bits per heavy atom. The number of hydrogen-bond acceptors (Lipinski definition) is 4. The smallest absolute Gasteiger partial charge is 0.337 e. The van der Waals surface area contributed by atoms with Crippen molar-refractivity contribution in [3.05, 3.63) is 35.4 Å². The van der Waals surface area contributed by atoms with E-state index >= 15 is 0 Å². The second kappa shape index (κ2) is 4.41. The molecule has 1 aromatic rings. The first-order valence-electron chi connectivity index (χ1n) is 3.95. The number of carbonyl (C=O) groups is 2. The molecule has 0 N–H and O–H groups in total. The number of esters is 2. The minimum atomic E-state index is -0.476. The van der Waals surface area contributed by atoms with Crippen molar-refractivity contribution in [2.45, 2.75) is 0 Å². The standard InChI is InChI=1S/C10H10O4/c1-13-9(11)7-4-3-5-8(6-7)10(12)14-2/h3-6H,1-2H3. The van der Waals surface area contributed by atoms with Gasteiger partial charge >= 0.3 is 11.9 Å². The van der Waals surface area contributed by atoms with Gasteiger partial charge in [-0.3, -0.25) is 0 Å². The minimum absolute atomic E-state index is 0.329. The number of ether oxygens (including phenoxy) is 2. The maximum Gasteiger partial charge on any atom is 0.337 e. The Morgan fingerprint density at radius 3 is 1.79 bits per heavy atom. The number of methoxy groups -OCH3 is 2. The van der Waals surface area contributed by atoms with Crippen molar-refractivity contribution in [1.29, 1.82) is 0 Å². The van der Waals surface area contributed by atoms with Crippen LogP contribution in [0.15, 0.2) is 24.3 Å². The van der Waals surface area contributed by atoms with Crippen LogP contribution >= 0.6 is 0 Å². The summed E-state index contributed by atoms with van der Waals surface area (Å²) in [5.41, 5.74) is 0.658. The quantitative estimate of drug-likeness (QED) is 0.665. The van der Waals surface area contributed by atoms with Crippen molar-refractivity contribution in [2.24, 2.45) is 0 Å². The molecule has 0 aliphatic heterocycles. The van der Waals surface area contributed by atoms with E-state index in [1.54, 1.807) is 18.2 Å². The van der Waals surface area contributed by atoms with Crippen molar-refractivity contribution in [1.82, 2.24) is 0 Å². The molecule has 1 rings (SSSR count). The van der Waals surface area contributed by atoms with E-state index < -0.39 is 11.9 Å². The molecule has 74 valence electrons. The maximum absolute atomic E-state index is 11.1. The molecule has 1 aromatic carbocycles. The summed E-state index contributed by atoms with van der Waals surface area (Å²) in [6.07, 6.45) is 0. The van der Waals surface area contributed by atoms with Gasteiger partial charge in [0.1, 0.15) is 0 Å². The number of carbonyl (C=O) groups excluding carboxylic acids is 2. The molecule has 0 aromatic heterocycles. The average Bonchev–Trinajstić information content (AvgIpc) is 2.27. The summed E-state index contributed by atoms with van der Waals surface area (Å²) in [7, 11) is 2.57. The van der Waals surface area contributed by atoms with E-state index in [1.165, 1.54) is 20.3 Å². The first-order valence-corrected chi connectivity index (χ1v) is 3.95. The van der Waals surface area contributed by atoms with Gasteiger partial charge in [-0.05, 0) is 18.2 Å². The van der Waals surface area contributed by atoms with Gasteiger partial charge in [-0.2, -0.15) is 0 Å². The van der Waals surface area contributed by atoms with Crippen LogP contribution in [-0.4, -0.2) is 26.2 Å². The van der Waals surface area contributed by atoms with Gasteiger partial charge in [0.15, 0.2) is 0 Å². The van der Waals surface area contributed by atoms with Crippen molar-refractivity contribution in [2.75, 3.05) is 14.2 Å². The zero-order valence-electron chi connectivity index (χ0n) is 7.94. The molecular formula is C10H10O4. The van der Waals surface area contributed by atoms with Crippen LogP contribution in [0.25, 0.3) is 0 Å². The van der Waals surface area contributed by atoms with Crippen LogP contribution in [0.3, 0.4) is 0 Å². The molecule has 14 heavy (non-hydrogen) atoms. The summed E-state index contributed by atoms with van der Waals surface area (Å²) in [5, 5.41) is 0. The van der Waals surface area contributed by atoms with E-state index in [1.807, 2.05) is 0 Å². The third kappa shape index (κ3) is 2.10. The van der Waals surface area contributed by atoms with Gasteiger partial charge in [-0.1, -0.05) is 6.07 Å². The van der Waals surface area contributed by atoms with E-state index in [2.05, 4.69) is 9.47 Å². The predicted octanol–water partition coefficient (Wildman–Crippen LogP) is 1.26. The van der Waals surface area contributed by atoms with E-state index in [4.69, 9.17) is 0 Å². The van der Waals surface area contributed by atoms with Crippen molar-refractivity contribution >= 4 is 11.9 Å². The second-order valence-electron chi connectivity index (χ2n) is 2.56. The van der Waals surface area contributed by atoms with Crippen molar-refractivity contribution in [3.8, 4) is 0 Å². The number of benzene rings is 1. The van der Waals surface area contributed by atoms with Crippen LogP contribution in [0.1, 0.15) is 20.7 Å². The molecule has 0 unspecified atom stereocenters. The van der Waals surface area contributed by atoms with E-state index in [9.17, 15) is 9.59 Å². The third-order valence-corrected chi connectivity index (χ3v) is 1.70. The van der Waals surface area contributed by atoms with Gasteiger partial charge in [-0.15, -0.1) is 0 Å². The van der Waals surface area contributed by atoms with Gasteiger partial charge in [0.2, 0.25) is 0 Å². The molecule has 0 atom stereocenters. The van der Waals surface area contributed by atoms with Gasteiger partial charge < -0.3 is 9.47 Å². The summed E-state index contributed by atoms with van der Waals surface area (Å²) >= 11 is 0. The summed E-state index contributed by atoms with van der Waals surface area (Å²) < 4.78 is 9.03. The lowest BCUT2D eigenvalue weighted by molar-refractivity contribution is 0.0599. The number of hydrogen-bond donors (Lipinski definition) is 0. The zero-order valence-corrected chi connectivity index (χ0v) is 7.94. The molecule has 0 saturated heterocycles. The lowest BCUT2D eigenvalue weighted by Crippen LogP contribution is -2.05. The highest BCUT2D eigenvalue weighted by atomic mass is 16.5. The van der Waals surface area contributed by atoms with Crippen LogP contribution in [0, 0.1) is 0 Å². The van der Waals surface area contributed by atoms with Crippen LogP contribution < -0.4 is 0 Å². The Bertz CT molecular complexity index is 326. The fourth-order valence-corrected chi connectivity index (χ4v) is 1.01. The molecule has 0 fully saturated rings. The molecule has 0 saturated carbocycles. The second-order valence-corrected chi connectivity index (χ2v) is 2.56. The van der Waals surface area contributed by atoms with Crippen LogP contribution in [0.2, 0.25) is 0 Å².